The van der Waals surface area contributed by atoms with E-state index in [1.807, 2.05) is 19.1 Å². The standard InChI is InChI=1S/C11H12ClN3/c1-6-3-4-8(7(2)5-6)10-9(12)11(13)15-14-10/h3-5H,1-2H3,(H3,13,14,15). The fraction of sp³-hybridized carbons (Fsp3) is 0.182. The minimum atomic E-state index is 0.339. The Morgan fingerprint density at radius 3 is 2.60 bits per heavy atom. The van der Waals surface area contributed by atoms with Gasteiger partial charge in [0, 0.05) is 5.56 Å². The lowest BCUT2D eigenvalue weighted by Gasteiger charge is -2.04. The number of hydrogen-bond acceptors (Lipinski definition) is 2. The van der Waals surface area contributed by atoms with Gasteiger partial charge in [-0.1, -0.05) is 35.4 Å². The normalized spacial score (nSPS) is 10.6. The molecule has 2 aromatic rings. The molecule has 2 rings (SSSR count). The molecule has 0 unspecified atom stereocenters. The van der Waals surface area contributed by atoms with Gasteiger partial charge in [-0.05, 0) is 19.4 Å². The Kier molecular flexibility index (Phi) is 2.40. The summed E-state index contributed by atoms with van der Waals surface area (Å²) in [4.78, 5) is 0. The maximum absolute atomic E-state index is 6.04. The molecule has 0 saturated carbocycles. The number of H-pyrrole nitrogens is 1. The van der Waals surface area contributed by atoms with E-state index in [0.29, 0.717) is 10.8 Å². The van der Waals surface area contributed by atoms with Gasteiger partial charge in [0.2, 0.25) is 0 Å². The first-order valence-electron chi connectivity index (χ1n) is 4.66. The third kappa shape index (κ3) is 1.70. The zero-order valence-corrected chi connectivity index (χ0v) is 9.39. The Bertz CT molecular complexity index is 503. The van der Waals surface area contributed by atoms with Crippen molar-refractivity contribution in [2.24, 2.45) is 0 Å². The first kappa shape index (κ1) is 10.1. The van der Waals surface area contributed by atoms with Gasteiger partial charge >= 0.3 is 0 Å². The van der Waals surface area contributed by atoms with Crippen molar-refractivity contribution < 1.29 is 0 Å². The van der Waals surface area contributed by atoms with Crippen LogP contribution < -0.4 is 5.73 Å². The lowest BCUT2D eigenvalue weighted by Crippen LogP contribution is -1.86. The zero-order chi connectivity index (χ0) is 11.0. The van der Waals surface area contributed by atoms with E-state index in [2.05, 4.69) is 23.2 Å². The minimum Gasteiger partial charge on any atom is -0.381 e. The molecule has 0 bridgehead atoms. The third-order valence-corrected chi connectivity index (χ3v) is 2.77. The Morgan fingerprint density at radius 1 is 1.33 bits per heavy atom. The Morgan fingerprint density at radius 2 is 2.07 bits per heavy atom. The number of nitrogens with two attached hydrogens (primary N) is 1. The van der Waals surface area contributed by atoms with E-state index < -0.39 is 0 Å². The van der Waals surface area contributed by atoms with E-state index in [4.69, 9.17) is 17.3 Å². The number of nitrogens with one attached hydrogen (secondary N) is 1. The van der Waals surface area contributed by atoms with Crippen molar-refractivity contribution >= 4 is 17.4 Å². The number of aromatic nitrogens is 2. The summed E-state index contributed by atoms with van der Waals surface area (Å²) in [5.41, 5.74) is 9.78. The predicted molar refractivity (Wildman–Crippen MR) is 62.9 cm³/mol. The Labute approximate surface area is 93.3 Å². The van der Waals surface area contributed by atoms with Crippen LogP contribution in [0.3, 0.4) is 0 Å². The molecule has 0 radical (unpaired) electrons. The predicted octanol–water partition coefficient (Wildman–Crippen LogP) is 2.93. The van der Waals surface area contributed by atoms with Crippen molar-refractivity contribution in [3.05, 3.63) is 34.3 Å². The molecule has 0 aliphatic rings. The number of anilines is 1. The first-order chi connectivity index (χ1) is 7.09. The molecular weight excluding hydrogens is 210 g/mol. The van der Waals surface area contributed by atoms with Crippen molar-refractivity contribution in [2.45, 2.75) is 13.8 Å². The molecule has 1 aromatic carbocycles. The van der Waals surface area contributed by atoms with Crippen LogP contribution in [0.15, 0.2) is 18.2 Å². The van der Waals surface area contributed by atoms with Crippen LogP contribution in [0.25, 0.3) is 11.3 Å². The maximum Gasteiger partial charge on any atom is 0.164 e. The maximum atomic E-state index is 6.04. The average Bonchev–Trinajstić information content (AvgIpc) is 2.49. The third-order valence-electron chi connectivity index (χ3n) is 2.38. The number of halogens is 1. The summed E-state index contributed by atoms with van der Waals surface area (Å²) < 4.78 is 0. The van der Waals surface area contributed by atoms with Crippen molar-refractivity contribution in [3.8, 4) is 11.3 Å². The Balaban J connectivity index is 2.59. The van der Waals surface area contributed by atoms with Gasteiger partial charge in [0.25, 0.3) is 0 Å². The lowest BCUT2D eigenvalue weighted by molar-refractivity contribution is 1.10. The molecule has 0 amide bonds. The number of nitrogens with zero attached hydrogens (tertiary/aromatic N) is 1. The van der Waals surface area contributed by atoms with Crippen LogP contribution in [0.4, 0.5) is 5.82 Å². The Hall–Kier alpha value is -1.48. The van der Waals surface area contributed by atoms with Gasteiger partial charge in [0.15, 0.2) is 5.82 Å². The number of aromatic amines is 1. The molecule has 78 valence electrons. The summed E-state index contributed by atoms with van der Waals surface area (Å²) in [5, 5.41) is 7.21. The molecule has 3 N–H and O–H groups in total. The zero-order valence-electron chi connectivity index (χ0n) is 8.63. The lowest BCUT2D eigenvalue weighted by atomic mass is 10.0. The van der Waals surface area contributed by atoms with Crippen molar-refractivity contribution in [1.82, 2.24) is 10.2 Å². The van der Waals surface area contributed by atoms with E-state index >= 15 is 0 Å². The van der Waals surface area contributed by atoms with Gasteiger partial charge in [-0.25, -0.2) is 0 Å². The van der Waals surface area contributed by atoms with E-state index in [1.54, 1.807) is 0 Å². The molecule has 3 nitrogen and oxygen atoms in total. The number of aryl methyl sites for hydroxylation is 2. The monoisotopic (exact) mass is 221 g/mol. The van der Waals surface area contributed by atoms with Crippen LogP contribution in [-0.4, -0.2) is 10.2 Å². The highest BCUT2D eigenvalue weighted by Gasteiger charge is 2.11. The molecule has 0 fully saturated rings. The van der Waals surface area contributed by atoms with Gasteiger partial charge < -0.3 is 5.73 Å². The molecule has 0 aliphatic heterocycles. The van der Waals surface area contributed by atoms with E-state index in [0.717, 1.165) is 16.8 Å². The summed E-state index contributed by atoms with van der Waals surface area (Å²) >= 11 is 6.04. The number of nitrogen functional groups attached to an aromatic ring is 1. The molecule has 1 aromatic heterocycles. The summed E-state index contributed by atoms with van der Waals surface area (Å²) in [7, 11) is 0. The molecule has 0 aliphatic carbocycles. The van der Waals surface area contributed by atoms with Gasteiger partial charge in [-0.15, -0.1) is 0 Å². The first-order valence-corrected chi connectivity index (χ1v) is 5.04. The van der Waals surface area contributed by atoms with E-state index in [1.165, 1.54) is 5.56 Å². The average molecular weight is 222 g/mol. The highest BCUT2D eigenvalue weighted by molar-refractivity contribution is 6.35. The second-order valence-electron chi connectivity index (χ2n) is 3.62. The van der Waals surface area contributed by atoms with Crippen LogP contribution >= 0.6 is 11.6 Å². The van der Waals surface area contributed by atoms with Crippen LogP contribution in [0.1, 0.15) is 11.1 Å². The highest BCUT2D eigenvalue weighted by atomic mass is 35.5. The molecule has 0 spiro atoms. The SMILES string of the molecule is Cc1ccc(-c2[nH]nc(N)c2Cl)c(C)c1. The van der Waals surface area contributed by atoms with E-state index in [9.17, 15) is 0 Å². The summed E-state index contributed by atoms with van der Waals surface area (Å²) in [6.45, 7) is 4.09. The van der Waals surface area contributed by atoms with E-state index in [-0.39, 0.29) is 0 Å². The molecule has 1 heterocycles. The van der Waals surface area contributed by atoms with Crippen LogP contribution in [-0.2, 0) is 0 Å². The van der Waals surface area contributed by atoms with Crippen molar-refractivity contribution in [1.29, 1.82) is 0 Å². The fourth-order valence-electron chi connectivity index (χ4n) is 1.61. The van der Waals surface area contributed by atoms with Crippen LogP contribution in [0.5, 0.6) is 0 Å². The summed E-state index contributed by atoms with van der Waals surface area (Å²) in [6.07, 6.45) is 0. The van der Waals surface area contributed by atoms with Gasteiger partial charge in [-0.3, -0.25) is 5.10 Å². The van der Waals surface area contributed by atoms with Crippen molar-refractivity contribution in [3.63, 3.8) is 0 Å². The molecule has 0 saturated heterocycles. The van der Waals surface area contributed by atoms with Crippen LogP contribution in [0, 0.1) is 13.8 Å². The molecule has 4 heteroatoms. The number of benzene rings is 1. The quantitative estimate of drug-likeness (QED) is 0.778. The largest absolute Gasteiger partial charge is 0.381 e. The second kappa shape index (κ2) is 3.59. The minimum absolute atomic E-state index is 0.339. The van der Waals surface area contributed by atoms with Crippen LogP contribution in [0.2, 0.25) is 5.02 Å². The smallest absolute Gasteiger partial charge is 0.164 e. The molecule has 15 heavy (non-hydrogen) atoms. The van der Waals surface area contributed by atoms with Gasteiger partial charge in [0.05, 0.1) is 5.69 Å². The van der Waals surface area contributed by atoms with Gasteiger partial charge in [-0.2, -0.15) is 5.10 Å². The number of hydrogen-bond donors (Lipinski definition) is 2. The summed E-state index contributed by atoms with van der Waals surface area (Å²) in [6, 6.07) is 6.15. The molecule has 0 atom stereocenters. The fourth-order valence-corrected chi connectivity index (χ4v) is 1.80. The highest BCUT2D eigenvalue weighted by Crippen LogP contribution is 2.31. The topological polar surface area (TPSA) is 54.7 Å². The van der Waals surface area contributed by atoms with Gasteiger partial charge in [0.1, 0.15) is 5.02 Å². The summed E-state index contributed by atoms with van der Waals surface area (Å²) in [5.74, 6) is 0.339. The number of rotatable bonds is 1. The molecular formula is C11H12ClN3. The van der Waals surface area contributed by atoms with Crippen molar-refractivity contribution in [2.75, 3.05) is 5.73 Å². The second-order valence-corrected chi connectivity index (χ2v) is 3.99.